The molecule has 1 atom stereocenters. The van der Waals surface area contributed by atoms with E-state index in [1.54, 1.807) is 6.92 Å². The second-order valence-corrected chi connectivity index (χ2v) is 5.77. The maximum Gasteiger partial charge on any atom is 0.261 e. The molecule has 0 aliphatic carbocycles. The van der Waals surface area contributed by atoms with Gasteiger partial charge in [-0.2, -0.15) is 0 Å². The van der Waals surface area contributed by atoms with Gasteiger partial charge in [0.2, 0.25) is 0 Å². The normalized spacial score (nSPS) is 11.7. The lowest BCUT2D eigenvalue weighted by molar-refractivity contribution is -0.127. The zero-order chi connectivity index (χ0) is 18.2. The average Bonchev–Trinajstić information content (AvgIpc) is 2.63. The molecular formula is C20H25FN2O2. The van der Waals surface area contributed by atoms with Crippen LogP contribution in [0.4, 0.5) is 10.1 Å². The van der Waals surface area contributed by atoms with Crippen LogP contribution in [0.5, 0.6) is 5.75 Å². The summed E-state index contributed by atoms with van der Waals surface area (Å²) in [5, 5.41) is 2.86. The minimum atomic E-state index is -0.652. The predicted molar refractivity (Wildman–Crippen MR) is 98.3 cm³/mol. The number of halogens is 1. The number of amides is 1. The van der Waals surface area contributed by atoms with Gasteiger partial charge in [-0.25, -0.2) is 4.39 Å². The second-order valence-electron chi connectivity index (χ2n) is 5.77. The number of nitrogens with one attached hydrogen (secondary N) is 1. The Morgan fingerprint density at radius 2 is 1.68 bits per heavy atom. The molecule has 0 bridgehead atoms. The molecule has 134 valence electrons. The Kier molecular flexibility index (Phi) is 6.81. The van der Waals surface area contributed by atoms with E-state index in [0.717, 1.165) is 18.7 Å². The molecule has 2 aromatic rings. The molecule has 0 aromatic heterocycles. The van der Waals surface area contributed by atoms with Crippen molar-refractivity contribution in [3.8, 4) is 5.75 Å². The first-order valence-electron chi connectivity index (χ1n) is 8.57. The van der Waals surface area contributed by atoms with E-state index < -0.39 is 6.10 Å². The van der Waals surface area contributed by atoms with Crippen molar-refractivity contribution in [3.05, 3.63) is 59.9 Å². The summed E-state index contributed by atoms with van der Waals surface area (Å²) < 4.78 is 18.4. The predicted octanol–water partition coefficient (Wildman–Crippen LogP) is 3.76. The number of hydrogen-bond acceptors (Lipinski definition) is 3. The molecule has 0 fully saturated rings. The summed E-state index contributed by atoms with van der Waals surface area (Å²) in [5.41, 5.74) is 2.20. The van der Waals surface area contributed by atoms with E-state index in [0.29, 0.717) is 12.3 Å². The molecular weight excluding hydrogens is 319 g/mol. The maximum atomic E-state index is 12.9. The summed E-state index contributed by atoms with van der Waals surface area (Å²) in [6, 6.07) is 13.8. The minimum absolute atomic E-state index is 0.211. The number of rotatable bonds is 8. The highest BCUT2D eigenvalue weighted by Gasteiger charge is 2.14. The molecule has 0 saturated heterocycles. The van der Waals surface area contributed by atoms with E-state index in [1.807, 2.05) is 12.1 Å². The Morgan fingerprint density at radius 1 is 1.08 bits per heavy atom. The summed E-state index contributed by atoms with van der Waals surface area (Å²) in [6.07, 6.45) is -0.652. The molecule has 25 heavy (non-hydrogen) atoms. The van der Waals surface area contributed by atoms with Gasteiger partial charge in [-0.3, -0.25) is 4.79 Å². The van der Waals surface area contributed by atoms with Crippen LogP contribution in [-0.2, 0) is 11.3 Å². The lowest BCUT2D eigenvalue weighted by atomic mass is 10.2. The molecule has 1 amide bonds. The topological polar surface area (TPSA) is 41.6 Å². The van der Waals surface area contributed by atoms with E-state index in [9.17, 15) is 9.18 Å². The van der Waals surface area contributed by atoms with Gasteiger partial charge in [0.25, 0.3) is 5.91 Å². The fraction of sp³-hybridized carbons (Fsp3) is 0.350. The zero-order valence-electron chi connectivity index (χ0n) is 15.0. The van der Waals surface area contributed by atoms with Crippen molar-refractivity contribution in [3.63, 3.8) is 0 Å². The fourth-order valence-electron chi connectivity index (χ4n) is 2.52. The van der Waals surface area contributed by atoms with Crippen LogP contribution in [0.1, 0.15) is 26.3 Å². The number of anilines is 1. The SMILES string of the molecule is CCN(CC)c1ccc(CNC(=O)C(C)Oc2ccc(F)cc2)cc1. The van der Waals surface area contributed by atoms with Gasteiger partial charge in [-0.15, -0.1) is 0 Å². The molecule has 0 radical (unpaired) electrons. The third kappa shape index (κ3) is 5.48. The standard InChI is InChI=1S/C20H25FN2O2/c1-4-23(5-2)18-10-6-16(7-11-18)14-22-20(24)15(3)25-19-12-8-17(21)9-13-19/h6-13,15H,4-5,14H2,1-3H3,(H,22,24). The Morgan fingerprint density at radius 3 is 2.24 bits per heavy atom. The van der Waals surface area contributed by atoms with Crippen LogP contribution in [0.3, 0.4) is 0 Å². The smallest absolute Gasteiger partial charge is 0.261 e. The molecule has 2 rings (SSSR count). The lowest BCUT2D eigenvalue weighted by Gasteiger charge is -2.21. The van der Waals surface area contributed by atoms with Crippen LogP contribution in [0.25, 0.3) is 0 Å². The van der Waals surface area contributed by atoms with Gasteiger partial charge in [-0.05, 0) is 62.7 Å². The molecule has 5 heteroatoms. The monoisotopic (exact) mass is 344 g/mol. The Labute approximate surface area is 148 Å². The summed E-state index contributed by atoms with van der Waals surface area (Å²) in [7, 11) is 0. The second kappa shape index (κ2) is 9.06. The molecule has 0 spiro atoms. The quantitative estimate of drug-likeness (QED) is 0.793. The highest BCUT2D eigenvalue weighted by atomic mass is 19.1. The highest BCUT2D eigenvalue weighted by Crippen LogP contribution is 2.15. The molecule has 0 aliphatic rings. The third-order valence-corrected chi connectivity index (χ3v) is 4.03. The van der Waals surface area contributed by atoms with Crippen molar-refractivity contribution in [1.82, 2.24) is 5.32 Å². The maximum absolute atomic E-state index is 12.9. The minimum Gasteiger partial charge on any atom is -0.481 e. The molecule has 0 saturated carbocycles. The van der Waals surface area contributed by atoms with Crippen LogP contribution in [0, 0.1) is 5.82 Å². The van der Waals surface area contributed by atoms with E-state index in [-0.39, 0.29) is 11.7 Å². The van der Waals surface area contributed by atoms with Crippen LogP contribution in [0.15, 0.2) is 48.5 Å². The highest BCUT2D eigenvalue weighted by molar-refractivity contribution is 5.80. The van der Waals surface area contributed by atoms with E-state index in [4.69, 9.17) is 4.74 Å². The van der Waals surface area contributed by atoms with Gasteiger partial charge in [0.05, 0.1) is 0 Å². The first-order valence-corrected chi connectivity index (χ1v) is 8.57. The van der Waals surface area contributed by atoms with Crippen molar-refractivity contribution in [2.24, 2.45) is 0 Å². The molecule has 1 unspecified atom stereocenters. The van der Waals surface area contributed by atoms with E-state index in [2.05, 4.69) is 36.2 Å². The summed E-state index contributed by atoms with van der Waals surface area (Å²) in [6.45, 7) is 8.28. The first-order chi connectivity index (χ1) is 12.0. The van der Waals surface area contributed by atoms with Gasteiger partial charge in [0, 0.05) is 25.3 Å². The molecule has 0 heterocycles. The van der Waals surface area contributed by atoms with Crippen molar-refractivity contribution in [2.75, 3.05) is 18.0 Å². The molecule has 4 nitrogen and oxygen atoms in total. The fourth-order valence-corrected chi connectivity index (χ4v) is 2.52. The van der Waals surface area contributed by atoms with Gasteiger partial charge in [-0.1, -0.05) is 12.1 Å². The van der Waals surface area contributed by atoms with Gasteiger partial charge < -0.3 is 15.0 Å². The lowest BCUT2D eigenvalue weighted by Crippen LogP contribution is -2.35. The largest absolute Gasteiger partial charge is 0.481 e. The van der Waals surface area contributed by atoms with E-state index >= 15 is 0 Å². The van der Waals surface area contributed by atoms with Crippen molar-refractivity contribution in [2.45, 2.75) is 33.4 Å². The summed E-state index contributed by atoms with van der Waals surface area (Å²) in [4.78, 5) is 14.4. The van der Waals surface area contributed by atoms with Crippen molar-refractivity contribution < 1.29 is 13.9 Å². The summed E-state index contributed by atoms with van der Waals surface area (Å²) in [5.74, 6) is -0.0811. The molecule has 0 aliphatic heterocycles. The Bertz CT molecular complexity index is 667. The number of hydrogen-bond donors (Lipinski definition) is 1. The average molecular weight is 344 g/mol. The number of nitrogens with zero attached hydrogens (tertiary/aromatic N) is 1. The Hall–Kier alpha value is -2.56. The number of carbonyl (C=O) groups is 1. The number of carbonyl (C=O) groups excluding carboxylic acids is 1. The van der Waals surface area contributed by atoms with Crippen molar-refractivity contribution >= 4 is 11.6 Å². The summed E-state index contributed by atoms with van der Waals surface area (Å²) >= 11 is 0. The molecule has 2 aromatic carbocycles. The Balaban J connectivity index is 1.85. The van der Waals surface area contributed by atoms with Crippen LogP contribution >= 0.6 is 0 Å². The number of ether oxygens (including phenoxy) is 1. The third-order valence-electron chi connectivity index (χ3n) is 4.03. The number of benzene rings is 2. The van der Waals surface area contributed by atoms with Gasteiger partial charge >= 0.3 is 0 Å². The zero-order valence-corrected chi connectivity index (χ0v) is 15.0. The molecule has 1 N–H and O–H groups in total. The van der Waals surface area contributed by atoms with Crippen molar-refractivity contribution in [1.29, 1.82) is 0 Å². The van der Waals surface area contributed by atoms with E-state index in [1.165, 1.54) is 30.0 Å². The van der Waals surface area contributed by atoms with Crippen LogP contribution in [-0.4, -0.2) is 25.1 Å². The first kappa shape index (κ1) is 18.8. The van der Waals surface area contributed by atoms with Gasteiger partial charge in [0.1, 0.15) is 11.6 Å². The van der Waals surface area contributed by atoms with Crippen LogP contribution in [0.2, 0.25) is 0 Å². The van der Waals surface area contributed by atoms with Crippen LogP contribution < -0.4 is 15.0 Å². The van der Waals surface area contributed by atoms with Gasteiger partial charge in [0.15, 0.2) is 6.10 Å².